The molecule has 0 spiro atoms. The summed E-state index contributed by atoms with van der Waals surface area (Å²) in [5.41, 5.74) is 1.01. The van der Waals surface area contributed by atoms with Crippen molar-refractivity contribution in [3.8, 4) is 0 Å². The molecule has 0 saturated carbocycles. The summed E-state index contributed by atoms with van der Waals surface area (Å²) < 4.78 is 5.32. The van der Waals surface area contributed by atoms with E-state index >= 15 is 0 Å². The van der Waals surface area contributed by atoms with Gasteiger partial charge < -0.3 is 20.1 Å². The van der Waals surface area contributed by atoms with Crippen LogP contribution in [0.15, 0.2) is 30.3 Å². The first-order chi connectivity index (χ1) is 12.7. The number of rotatable bonds is 4. The van der Waals surface area contributed by atoms with Crippen LogP contribution in [0, 0.1) is 0 Å². The molecular formula is C20H27N3O4. The molecule has 1 aliphatic heterocycles. The van der Waals surface area contributed by atoms with Crippen LogP contribution < -0.4 is 5.32 Å². The van der Waals surface area contributed by atoms with E-state index in [0.29, 0.717) is 18.8 Å². The van der Waals surface area contributed by atoms with Crippen LogP contribution in [0.5, 0.6) is 0 Å². The Bertz CT molecular complexity index is 791. The van der Waals surface area contributed by atoms with Crippen LogP contribution in [0.25, 0.3) is 10.9 Å². The summed E-state index contributed by atoms with van der Waals surface area (Å²) in [5.74, 6) is -0.903. The number of aromatic amines is 1. The zero-order valence-corrected chi connectivity index (χ0v) is 16.0. The van der Waals surface area contributed by atoms with Gasteiger partial charge in [-0.2, -0.15) is 0 Å². The van der Waals surface area contributed by atoms with Crippen molar-refractivity contribution in [2.24, 2.45) is 0 Å². The molecule has 27 heavy (non-hydrogen) atoms. The van der Waals surface area contributed by atoms with E-state index < -0.39 is 23.7 Å². The first-order valence-corrected chi connectivity index (χ1v) is 9.27. The van der Waals surface area contributed by atoms with Crippen LogP contribution in [0.1, 0.15) is 45.3 Å². The fourth-order valence-corrected chi connectivity index (χ4v) is 3.56. The van der Waals surface area contributed by atoms with E-state index in [2.05, 4.69) is 10.3 Å². The molecule has 3 rings (SSSR count). The first kappa shape index (κ1) is 19.2. The summed E-state index contributed by atoms with van der Waals surface area (Å²) in [4.78, 5) is 29.2. The number of H-pyrrole nitrogens is 1. The summed E-state index contributed by atoms with van der Waals surface area (Å²) in [5, 5.41) is 13.7. The molecule has 2 heterocycles. The number of nitrogens with zero attached hydrogens (tertiary/aromatic N) is 1. The molecule has 0 radical (unpaired) electrons. The number of nitrogens with one attached hydrogen (secondary N) is 2. The summed E-state index contributed by atoms with van der Waals surface area (Å²) in [7, 11) is 0. The summed E-state index contributed by atoms with van der Waals surface area (Å²) in [6, 6.07) is 8.70. The van der Waals surface area contributed by atoms with Crippen LogP contribution >= 0.6 is 0 Å². The monoisotopic (exact) mass is 373 g/mol. The number of carbonyl (C=O) groups is 2. The summed E-state index contributed by atoms with van der Waals surface area (Å²) in [6.07, 6.45) is 1.14. The molecule has 2 atom stereocenters. The fourth-order valence-electron chi connectivity index (χ4n) is 3.56. The molecule has 1 aliphatic rings. The van der Waals surface area contributed by atoms with Gasteiger partial charge >= 0.3 is 12.1 Å². The van der Waals surface area contributed by atoms with Crippen molar-refractivity contribution in [3.05, 3.63) is 36.0 Å². The second kappa shape index (κ2) is 7.60. The predicted octanol–water partition coefficient (Wildman–Crippen LogP) is 3.28. The van der Waals surface area contributed by atoms with E-state index in [1.54, 1.807) is 0 Å². The number of para-hydroxylation sites is 1. The Morgan fingerprint density at radius 2 is 2.07 bits per heavy atom. The van der Waals surface area contributed by atoms with Gasteiger partial charge in [0.1, 0.15) is 11.6 Å². The van der Waals surface area contributed by atoms with E-state index in [1.165, 1.54) is 0 Å². The molecule has 1 saturated heterocycles. The normalized spacial score (nSPS) is 19.6. The third-order valence-electron chi connectivity index (χ3n) is 4.62. The molecule has 3 N–H and O–H groups in total. The standard InChI is InChI=1S/C20H27N3O4/c1-20(2,3)27-19(26)21-14-8-6-10-23(12-14)17(18(24)25)16-11-13-7-4-5-9-15(13)22-16/h4-5,7,9,11,14,17,22H,6,8,10,12H2,1-3H3,(H,21,26)(H,24,25)/t14-,17+/m0/s1. The van der Waals surface area contributed by atoms with Gasteiger partial charge in [-0.3, -0.25) is 9.69 Å². The molecule has 7 nitrogen and oxygen atoms in total. The van der Waals surface area contributed by atoms with Crippen LogP contribution in [0.4, 0.5) is 4.79 Å². The van der Waals surface area contributed by atoms with E-state index in [1.807, 2.05) is 56.0 Å². The lowest BCUT2D eigenvalue weighted by atomic mass is 10.0. The summed E-state index contributed by atoms with van der Waals surface area (Å²) >= 11 is 0. The number of carbonyl (C=O) groups excluding carboxylic acids is 1. The average Bonchev–Trinajstić information content (AvgIpc) is 2.96. The third-order valence-corrected chi connectivity index (χ3v) is 4.62. The number of hydrogen-bond acceptors (Lipinski definition) is 4. The molecular weight excluding hydrogens is 346 g/mol. The number of carboxylic acids is 1. The number of hydrogen-bond donors (Lipinski definition) is 3. The molecule has 0 aliphatic carbocycles. The maximum absolute atomic E-state index is 12.1. The minimum atomic E-state index is -0.903. The number of carboxylic acid groups (broad SMARTS) is 1. The fraction of sp³-hybridized carbons (Fsp3) is 0.500. The molecule has 1 aromatic heterocycles. The number of likely N-dealkylation sites (tertiary alicyclic amines) is 1. The minimum Gasteiger partial charge on any atom is -0.480 e. The largest absolute Gasteiger partial charge is 0.480 e. The number of ether oxygens (including phenoxy) is 1. The van der Waals surface area contributed by atoms with Crippen molar-refractivity contribution >= 4 is 23.0 Å². The first-order valence-electron chi connectivity index (χ1n) is 9.27. The van der Waals surface area contributed by atoms with Crippen molar-refractivity contribution < 1.29 is 19.4 Å². The quantitative estimate of drug-likeness (QED) is 0.764. The Morgan fingerprint density at radius 3 is 2.74 bits per heavy atom. The Morgan fingerprint density at radius 1 is 1.33 bits per heavy atom. The Kier molecular flexibility index (Phi) is 5.41. The highest BCUT2D eigenvalue weighted by Crippen LogP contribution is 2.27. The second-order valence-electron chi connectivity index (χ2n) is 8.03. The lowest BCUT2D eigenvalue weighted by Crippen LogP contribution is -2.50. The van der Waals surface area contributed by atoms with Gasteiger partial charge in [0.2, 0.25) is 0 Å². The van der Waals surface area contributed by atoms with Crippen LogP contribution in [0.2, 0.25) is 0 Å². The van der Waals surface area contributed by atoms with Gasteiger partial charge in [-0.1, -0.05) is 18.2 Å². The molecule has 2 aromatic rings. The number of amides is 1. The van der Waals surface area contributed by atoms with Crippen molar-refractivity contribution in [1.82, 2.24) is 15.2 Å². The third kappa shape index (κ3) is 4.80. The second-order valence-corrected chi connectivity index (χ2v) is 8.03. The Balaban J connectivity index is 1.74. The smallest absolute Gasteiger partial charge is 0.407 e. The molecule has 0 bridgehead atoms. The highest BCUT2D eigenvalue weighted by Gasteiger charge is 2.33. The highest BCUT2D eigenvalue weighted by atomic mass is 16.6. The Labute approximate surface area is 158 Å². The zero-order valence-electron chi connectivity index (χ0n) is 16.0. The average molecular weight is 373 g/mol. The molecule has 1 fully saturated rings. The number of alkyl carbamates (subject to hydrolysis) is 1. The van der Waals surface area contributed by atoms with Gasteiger partial charge in [0, 0.05) is 23.8 Å². The van der Waals surface area contributed by atoms with Gasteiger partial charge in [0.25, 0.3) is 0 Å². The number of aliphatic carboxylic acids is 1. The molecule has 1 aromatic carbocycles. The summed E-state index contributed by atoms with van der Waals surface area (Å²) in [6.45, 7) is 6.58. The molecule has 0 unspecified atom stereocenters. The van der Waals surface area contributed by atoms with Crippen LogP contribution in [-0.2, 0) is 9.53 Å². The van der Waals surface area contributed by atoms with E-state index in [4.69, 9.17) is 4.74 Å². The van der Waals surface area contributed by atoms with E-state index in [9.17, 15) is 14.7 Å². The van der Waals surface area contributed by atoms with Crippen molar-refractivity contribution in [1.29, 1.82) is 0 Å². The zero-order chi connectivity index (χ0) is 19.6. The van der Waals surface area contributed by atoms with Gasteiger partial charge in [-0.15, -0.1) is 0 Å². The number of piperidine rings is 1. The predicted molar refractivity (Wildman–Crippen MR) is 103 cm³/mol. The topological polar surface area (TPSA) is 94.7 Å². The number of fused-ring (bicyclic) bond motifs is 1. The van der Waals surface area contributed by atoms with E-state index in [0.717, 1.165) is 23.7 Å². The minimum absolute atomic E-state index is 0.139. The molecule has 146 valence electrons. The Hall–Kier alpha value is -2.54. The van der Waals surface area contributed by atoms with Gasteiger partial charge in [0.15, 0.2) is 0 Å². The van der Waals surface area contributed by atoms with E-state index in [-0.39, 0.29) is 6.04 Å². The van der Waals surface area contributed by atoms with Crippen molar-refractivity contribution in [2.75, 3.05) is 13.1 Å². The van der Waals surface area contributed by atoms with Gasteiger partial charge in [-0.05, 0) is 57.7 Å². The lowest BCUT2D eigenvalue weighted by Gasteiger charge is -2.36. The number of benzene rings is 1. The molecule has 7 heteroatoms. The maximum atomic E-state index is 12.1. The lowest BCUT2D eigenvalue weighted by molar-refractivity contribution is -0.144. The maximum Gasteiger partial charge on any atom is 0.407 e. The highest BCUT2D eigenvalue weighted by molar-refractivity contribution is 5.83. The van der Waals surface area contributed by atoms with Crippen molar-refractivity contribution in [3.63, 3.8) is 0 Å². The number of aromatic nitrogens is 1. The SMILES string of the molecule is CC(C)(C)OC(=O)N[C@H]1CCCN([C@@H](C(=O)O)c2cc3ccccc3[nH]2)C1. The van der Waals surface area contributed by atoms with Crippen LogP contribution in [0.3, 0.4) is 0 Å². The van der Waals surface area contributed by atoms with Gasteiger partial charge in [-0.25, -0.2) is 4.79 Å². The van der Waals surface area contributed by atoms with Crippen LogP contribution in [-0.4, -0.2) is 51.8 Å². The van der Waals surface area contributed by atoms with Crippen molar-refractivity contribution in [2.45, 2.75) is 51.3 Å². The molecule has 1 amide bonds. The van der Waals surface area contributed by atoms with Gasteiger partial charge in [0.05, 0.1) is 0 Å².